The molecule has 124 valence electrons. The summed E-state index contributed by atoms with van der Waals surface area (Å²) in [7, 11) is 2.02. The predicted molar refractivity (Wildman–Crippen MR) is 90.7 cm³/mol. The van der Waals surface area contributed by atoms with Gasteiger partial charge in [-0.2, -0.15) is 10.1 Å². The standard InChI is InChI=1S/C16H19N7O/c1-22-13-7-3-2-6-12(13)19-16(22)23-8-4-5-11(9-23)14(24)20-15-17-10-18-21-15/h2-3,6-7,10-11H,4-5,8-9H2,1H3,(H2,17,18,20,21,24)/t11-/m1/s1. The molecule has 0 aliphatic carbocycles. The average molecular weight is 325 g/mol. The highest BCUT2D eigenvalue weighted by Gasteiger charge is 2.28. The molecular formula is C16H19N7O. The maximum Gasteiger partial charge on any atom is 0.231 e. The molecule has 1 aliphatic heterocycles. The Hall–Kier alpha value is -2.90. The van der Waals surface area contributed by atoms with Crippen molar-refractivity contribution in [2.75, 3.05) is 23.3 Å². The van der Waals surface area contributed by atoms with Gasteiger partial charge >= 0.3 is 0 Å². The van der Waals surface area contributed by atoms with Crippen molar-refractivity contribution in [2.45, 2.75) is 12.8 Å². The molecule has 3 heterocycles. The fourth-order valence-corrected chi connectivity index (χ4v) is 3.27. The number of aryl methyl sites for hydroxylation is 1. The van der Waals surface area contributed by atoms with Gasteiger partial charge in [0.25, 0.3) is 0 Å². The van der Waals surface area contributed by atoms with Crippen molar-refractivity contribution in [3.05, 3.63) is 30.6 Å². The van der Waals surface area contributed by atoms with Crippen LogP contribution in [0.5, 0.6) is 0 Å². The zero-order chi connectivity index (χ0) is 16.5. The van der Waals surface area contributed by atoms with Crippen molar-refractivity contribution in [1.82, 2.24) is 24.7 Å². The first kappa shape index (κ1) is 14.7. The first-order valence-corrected chi connectivity index (χ1v) is 8.05. The molecule has 1 amide bonds. The van der Waals surface area contributed by atoms with Gasteiger partial charge in [0.2, 0.25) is 17.8 Å². The lowest BCUT2D eigenvalue weighted by Crippen LogP contribution is -2.41. The molecule has 0 bridgehead atoms. The number of aromatic amines is 1. The fourth-order valence-electron chi connectivity index (χ4n) is 3.27. The van der Waals surface area contributed by atoms with Crippen molar-refractivity contribution in [1.29, 1.82) is 0 Å². The molecule has 1 fully saturated rings. The van der Waals surface area contributed by atoms with Crippen LogP contribution in [0.3, 0.4) is 0 Å². The van der Waals surface area contributed by atoms with Crippen molar-refractivity contribution < 1.29 is 4.79 Å². The monoisotopic (exact) mass is 325 g/mol. The van der Waals surface area contributed by atoms with Gasteiger partial charge in [0.15, 0.2) is 0 Å². The summed E-state index contributed by atoms with van der Waals surface area (Å²) in [5, 5.41) is 9.18. The number of hydrogen-bond donors (Lipinski definition) is 2. The van der Waals surface area contributed by atoms with Crippen LogP contribution >= 0.6 is 0 Å². The van der Waals surface area contributed by atoms with E-state index in [1.54, 1.807) is 0 Å². The number of benzene rings is 1. The van der Waals surface area contributed by atoms with Gasteiger partial charge in [-0.15, -0.1) is 0 Å². The minimum absolute atomic E-state index is 0.0322. The van der Waals surface area contributed by atoms with E-state index in [9.17, 15) is 4.79 Å². The van der Waals surface area contributed by atoms with Crippen LogP contribution in [-0.4, -0.2) is 43.7 Å². The van der Waals surface area contributed by atoms with E-state index in [1.165, 1.54) is 6.33 Å². The second kappa shape index (κ2) is 5.95. The van der Waals surface area contributed by atoms with Crippen LogP contribution in [0, 0.1) is 5.92 Å². The van der Waals surface area contributed by atoms with E-state index < -0.39 is 0 Å². The Labute approximate surface area is 138 Å². The fraction of sp³-hybridized carbons (Fsp3) is 0.375. The molecule has 1 atom stereocenters. The van der Waals surface area contributed by atoms with Gasteiger partial charge in [-0.1, -0.05) is 12.1 Å². The number of nitrogens with zero attached hydrogens (tertiary/aromatic N) is 5. The summed E-state index contributed by atoms with van der Waals surface area (Å²) < 4.78 is 2.09. The average Bonchev–Trinajstić information content (AvgIpc) is 3.23. The van der Waals surface area contributed by atoms with E-state index in [0.29, 0.717) is 12.5 Å². The predicted octanol–water partition coefficient (Wildman–Crippen LogP) is 1.55. The first-order chi connectivity index (χ1) is 11.7. The van der Waals surface area contributed by atoms with Gasteiger partial charge in [-0.25, -0.2) is 10.1 Å². The van der Waals surface area contributed by atoms with Gasteiger partial charge in [-0.05, 0) is 25.0 Å². The minimum atomic E-state index is -0.0938. The van der Waals surface area contributed by atoms with Crippen LogP contribution in [0.15, 0.2) is 30.6 Å². The van der Waals surface area contributed by atoms with Crippen LogP contribution in [0.1, 0.15) is 12.8 Å². The Balaban J connectivity index is 1.53. The van der Waals surface area contributed by atoms with Gasteiger partial charge in [0, 0.05) is 20.1 Å². The number of nitrogens with one attached hydrogen (secondary N) is 2. The highest BCUT2D eigenvalue weighted by atomic mass is 16.2. The molecule has 0 radical (unpaired) electrons. The SMILES string of the molecule is Cn1c(N2CCC[C@@H](C(=O)Nc3ncn[nH]3)C2)nc2ccccc21. The van der Waals surface area contributed by atoms with E-state index in [0.717, 1.165) is 36.4 Å². The number of anilines is 2. The summed E-state index contributed by atoms with van der Waals surface area (Å²) in [5.41, 5.74) is 2.07. The lowest BCUT2D eigenvalue weighted by molar-refractivity contribution is -0.120. The van der Waals surface area contributed by atoms with Crippen LogP contribution in [0.2, 0.25) is 0 Å². The summed E-state index contributed by atoms with van der Waals surface area (Å²) >= 11 is 0. The minimum Gasteiger partial charge on any atom is -0.341 e. The van der Waals surface area contributed by atoms with E-state index in [-0.39, 0.29) is 11.8 Å². The third-order valence-corrected chi connectivity index (χ3v) is 4.50. The Morgan fingerprint density at radius 2 is 2.25 bits per heavy atom. The van der Waals surface area contributed by atoms with Crippen LogP contribution in [-0.2, 0) is 11.8 Å². The van der Waals surface area contributed by atoms with Crippen LogP contribution < -0.4 is 10.2 Å². The second-order valence-corrected chi connectivity index (χ2v) is 6.07. The molecule has 2 aromatic heterocycles. The third kappa shape index (κ3) is 2.60. The number of hydrogen-bond acceptors (Lipinski definition) is 5. The van der Waals surface area contributed by atoms with E-state index >= 15 is 0 Å². The van der Waals surface area contributed by atoms with Gasteiger partial charge in [0.05, 0.1) is 17.0 Å². The normalized spacial score (nSPS) is 18.0. The van der Waals surface area contributed by atoms with Gasteiger partial charge in [-0.3, -0.25) is 10.1 Å². The number of H-pyrrole nitrogens is 1. The van der Waals surface area contributed by atoms with Crippen molar-refractivity contribution in [3.63, 3.8) is 0 Å². The molecular weight excluding hydrogens is 306 g/mol. The van der Waals surface area contributed by atoms with Crippen LogP contribution in [0.25, 0.3) is 11.0 Å². The molecule has 24 heavy (non-hydrogen) atoms. The van der Waals surface area contributed by atoms with E-state index in [2.05, 4.69) is 36.0 Å². The number of amides is 1. The number of aromatic nitrogens is 5. The zero-order valence-corrected chi connectivity index (χ0v) is 13.4. The quantitative estimate of drug-likeness (QED) is 0.762. The summed E-state index contributed by atoms with van der Waals surface area (Å²) in [4.78, 5) is 23.3. The van der Waals surface area contributed by atoms with E-state index in [1.807, 2.05) is 25.2 Å². The Morgan fingerprint density at radius 3 is 3.04 bits per heavy atom. The number of carbonyl (C=O) groups is 1. The second-order valence-electron chi connectivity index (χ2n) is 6.07. The lowest BCUT2D eigenvalue weighted by atomic mass is 9.97. The molecule has 1 aromatic carbocycles. The molecule has 1 saturated heterocycles. The molecule has 8 nitrogen and oxygen atoms in total. The first-order valence-electron chi connectivity index (χ1n) is 8.05. The number of rotatable bonds is 3. The highest BCUT2D eigenvalue weighted by molar-refractivity contribution is 5.91. The number of imidazole rings is 1. The molecule has 1 aliphatic rings. The largest absolute Gasteiger partial charge is 0.341 e. The van der Waals surface area contributed by atoms with Crippen LogP contribution in [0.4, 0.5) is 11.9 Å². The highest BCUT2D eigenvalue weighted by Crippen LogP contribution is 2.26. The Kier molecular flexibility index (Phi) is 3.64. The van der Waals surface area contributed by atoms with Gasteiger partial charge < -0.3 is 9.47 Å². The number of para-hydroxylation sites is 2. The zero-order valence-electron chi connectivity index (χ0n) is 13.4. The molecule has 0 unspecified atom stereocenters. The number of carbonyl (C=O) groups excluding carboxylic acids is 1. The number of piperidine rings is 1. The molecule has 2 N–H and O–H groups in total. The molecule has 0 spiro atoms. The Bertz CT molecular complexity index is 855. The summed E-state index contributed by atoms with van der Waals surface area (Å²) in [6, 6.07) is 8.07. The summed E-state index contributed by atoms with van der Waals surface area (Å²) in [6.45, 7) is 1.56. The lowest BCUT2D eigenvalue weighted by Gasteiger charge is -2.32. The van der Waals surface area contributed by atoms with Crippen molar-refractivity contribution in [2.24, 2.45) is 13.0 Å². The maximum atomic E-state index is 12.4. The molecule has 0 saturated carbocycles. The smallest absolute Gasteiger partial charge is 0.231 e. The molecule has 4 rings (SSSR count). The van der Waals surface area contributed by atoms with Gasteiger partial charge in [0.1, 0.15) is 6.33 Å². The Morgan fingerprint density at radius 1 is 1.38 bits per heavy atom. The maximum absolute atomic E-state index is 12.4. The van der Waals surface area contributed by atoms with Crippen molar-refractivity contribution >= 4 is 28.8 Å². The summed E-state index contributed by atoms with van der Waals surface area (Å²) in [6.07, 6.45) is 3.19. The van der Waals surface area contributed by atoms with E-state index in [4.69, 9.17) is 4.98 Å². The summed E-state index contributed by atoms with van der Waals surface area (Å²) in [5.74, 6) is 1.17. The van der Waals surface area contributed by atoms with Crippen molar-refractivity contribution in [3.8, 4) is 0 Å². The third-order valence-electron chi connectivity index (χ3n) is 4.50. The topological polar surface area (TPSA) is 91.7 Å². The molecule has 3 aromatic rings. The number of fused-ring (bicyclic) bond motifs is 1. The molecule has 8 heteroatoms.